The Morgan fingerprint density at radius 3 is 1.53 bits per heavy atom. The Bertz CT molecular complexity index is 970. The van der Waals surface area contributed by atoms with Crippen LogP contribution in [0.2, 0.25) is 0 Å². The molecule has 53 heavy (non-hydrogen) atoms. The Kier molecular flexibility index (Phi) is 38.6. The molecule has 310 valence electrons. The molecular weight excluding hydrogens is 689 g/mol. The van der Waals surface area contributed by atoms with Crippen LogP contribution in [0.4, 0.5) is 0 Å². The minimum Gasteiger partial charge on any atom is -0.462 e. The van der Waals surface area contributed by atoms with E-state index in [4.69, 9.17) is 24.3 Å². The second kappa shape index (κ2) is 39.9. The van der Waals surface area contributed by atoms with Crippen LogP contribution < -0.4 is 5.73 Å². The molecule has 0 radical (unpaired) electrons. The summed E-state index contributed by atoms with van der Waals surface area (Å²) < 4.78 is 32.6. The maximum atomic E-state index is 12.5. The number of unbranched alkanes of at least 4 members (excludes halogenated alkanes) is 21. The fourth-order valence-corrected chi connectivity index (χ4v) is 6.57. The molecule has 0 saturated heterocycles. The molecule has 0 aliphatic heterocycles. The number of carbonyl (C=O) groups is 2. The van der Waals surface area contributed by atoms with Crippen molar-refractivity contribution in [3.05, 3.63) is 36.5 Å². The Labute approximate surface area is 324 Å². The molecule has 0 amide bonds. The molecule has 0 aliphatic rings. The summed E-state index contributed by atoms with van der Waals surface area (Å²) >= 11 is 0. The topological polar surface area (TPSA) is 134 Å². The van der Waals surface area contributed by atoms with E-state index in [9.17, 15) is 19.0 Å². The van der Waals surface area contributed by atoms with Gasteiger partial charge in [-0.15, -0.1) is 0 Å². The van der Waals surface area contributed by atoms with Gasteiger partial charge in [0.05, 0.1) is 13.2 Å². The van der Waals surface area contributed by atoms with Gasteiger partial charge >= 0.3 is 19.8 Å². The second-order valence-electron chi connectivity index (χ2n) is 14.2. The van der Waals surface area contributed by atoms with E-state index < -0.39 is 32.5 Å². The fourth-order valence-electron chi connectivity index (χ4n) is 5.81. The minimum atomic E-state index is -4.39. The molecule has 0 spiro atoms. The predicted octanol–water partition coefficient (Wildman–Crippen LogP) is 12.2. The molecule has 0 heterocycles. The van der Waals surface area contributed by atoms with Crippen molar-refractivity contribution >= 4 is 19.8 Å². The number of esters is 2. The lowest BCUT2D eigenvalue weighted by Gasteiger charge is -2.19. The lowest BCUT2D eigenvalue weighted by Crippen LogP contribution is -2.29. The van der Waals surface area contributed by atoms with Crippen LogP contribution in [0.25, 0.3) is 0 Å². The first-order valence-corrected chi connectivity index (χ1v) is 23.0. The predicted molar refractivity (Wildman–Crippen MR) is 220 cm³/mol. The Hall–Kier alpha value is -1.77. The Balaban J connectivity index is 4.25. The number of ether oxygens (including phenoxy) is 2. The van der Waals surface area contributed by atoms with Crippen LogP contribution in [0, 0.1) is 0 Å². The summed E-state index contributed by atoms with van der Waals surface area (Å²) in [5.74, 6) is -0.936. The minimum absolute atomic E-state index is 0.0437. The van der Waals surface area contributed by atoms with Gasteiger partial charge in [0, 0.05) is 19.4 Å². The van der Waals surface area contributed by atoms with E-state index in [0.717, 1.165) is 32.1 Å². The quantitative estimate of drug-likeness (QED) is 0.0270. The van der Waals surface area contributed by atoms with Crippen LogP contribution in [0.5, 0.6) is 0 Å². The average Bonchev–Trinajstić information content (AvgIpc) is 3.14. The summed E-state index contributed by atoms with van der Waals surface area (Å²) in [6.07, 6.45) is 43.4. The van der Waals surface area contributed by atoms with Crippen LogP contribution in [0.1, 0.15) is 194 Å². The number of hydrogen-bond acceptors (Lipinski definition) is 8. The first-order chi connectivity index (χ1) is 25.8. The standard InChI is InChI=1S/C43H80NO8P/c1-3-5-7-9-11-13-15-17-19-20-22-23-25-27-29-31-33-35-42(45)49-39-41(40-51-53(47,48)50-38-37-44)52-43(46)36-34-32-30-28-26-24-21-18-16-14-12-10-8-6-4-2/h22-23,27,29-30,32,41H,3-21,24-26,28,31,33-40,44H2,1-2H3,(H,47,48)/b23-22+,29-27+,32-30+/t41-/m1/s1. The van der Waals surface area contributed by atoms with E-state index in [2.05, 4.69) is 44.2 Å². The fraction of sp³-hybridized carbons (Fsp3) is 0.814. The number of carbonyl (C=O) groups excluding carboxylic acids is 2. The van der Waals surface area contributed by atoms with Crippen molar-refractivity contribution in [3.8, 4) is 0 Å². The maximum absolute atomic E-state index is 12.5. The van der Waals surface area contributed by atoms with Crippen LogP contribution in [-0.4, -0.2) is 49.3 Å². The summed E-state index contributed by atoms with van der Waals surface area (Å²) in [4.78, 5) is 34.8. The normalized spacial score (nSPS) is 13.7. The molecule has 2 atom stereocenters. The Morgan fingerprint density at radius 2 is 1.02 bits per heavy atom. The number of phosphoric ester groups is 1. The average molecular weight is 770 g/mol. The molecule has 0 aromatic heterocycles. The molecule has 10 heteroatoms. The Morgan fingerprint density at radius 1 is 0.566 bits per heavy atom. The van der Waals surface area contributed by atoms with Gasteiger partial charge < -0.3 is 20.1 Å². The summed E-state index contributed by atoms with van der Waals surface area (Å²) in [6.45, 7) is 3.65. The monoisotopic (exact) mass is 770 g/mol. The van der Waals surface area contributed by atoms with Crippen molar-refractivity contribution in [1.29, 1.82) is 0 Å². The molecular formula is C43H80NO8P. The largest absolute Gasteiger partial charge is 0.472 e. The van der Waals surface area contributed by atoms with E-state index in [1.165, 1.54) is 122 Å². The first-order valence-electron chi connectivity index (χ1n) is 21.5. The molecule has 3 N–H and O–H groups in total. The zero-order valence-electron chi connectivity index (χ0n) is 34.0. The number of phosphoric acid groups is 1. The van der Waals surface area contributed by atoms with Crippen LogP contribution in [-0.2, 0) is 32.7 Å². The summed E-state index contributed by atoms with van der Waals surface area (Å²) in [6, 6.07) is 0. The number of nitrogens with two attached hydrogens (primary N) is 1. The molecule has 0 fully saturated rings. The summed E-state index contributed by atoms with van der Waals surface area (Å²) in [5.41, 5.74) is 5.34. The highest BCUT2D eigenvalue weighted by molar-refractivity contribution is 7.47. The molecule has 0 aromatic carbocycles. The van der Waals surface area contributed by atoms with Crippen LogP contribution in [0.3, 0.4) is 0 Å². The third-order valence-corrected chi connectivity index (χ3v) is 10.00. The highest BCUT2D eigenvalue weighted by Crippen LogP contribution is 2.43. The van der Waals surface area contributed by atoms with Gasteiger partial charge in [-0.25, -0.2) is 4.57 Å². The molecule has 0 bridgehead atoms. The van der Waals surface area contributed by atoms with Crippen molar-refractivity contribution in [2.45, 2.75) is 200 Å². The van der Waals surface area contributed by atoms with Crippen molar-refractivity contribution in [1.82, 2.24) is 0 Å². The molecule has 0 aliphatic carbocycles. The highest BCUT2D eigenvalue weighted by Gasteiger charge is 2.25. The number of allylic oxidation sites excluding steroid dienone is 6. The molecule has 9 nitrogen and oxygen atoms in total. The molecule has 0 saturated carbocycles. The van der Waals surface area contributed by atoms with Gasteiger partial charge in [-0.05, 0) is 51.4 Å². The second-order valence-corrected chi connectivity index (χ2v) is 15.7. The van der Waals surface area contributed by atoms with Crippen LogP contribution in [0.15, 0.2) is 36.5 Å². The van der Waals surface area contributed by atoms with E-state index in [1.54, 1.807) is 0 Å². The van der Waals surface area contributed by atoms with Gasteiger partial charge in [-0.1, -0.05) is 166 Å². The first kappa shape index (κ1) is 51.2. The molecule has 0 aromatic rings. The van der Waals surface area contributed by atoms with Gasteiger partial charge in [-0.3, -0.25) is 18.6 Å². The van der Waals surface area contributed by atoms with Crippen LogP contribution >= 0.6 is 7.82 Å². The zero-order valence-corrected chi connectivity index (χ0v) is 34.9. The van der Waals surface area contributed by atoms with Gasteiger partial charge in [0.25, 0.3) is 0 Å². The summed E-state index contributed by atoms with van der Waals surface area (Å²) in [7, 11) is -4.39. The van der Waals surface area contributed by atoms with E-state index in [0.29, 0.717) is 12.8 Å². The smallest absolute Gasteiger partial charge is 0.462 e. The van der Waals surface area contributed by atoms with Crippen molar-refractivity contribution in [3.63, 3.8) is 0 Å². The third kappa shape index (κ3) is 39.7. The van der Waals surface area contributed by atoms with Gasteiger partial charge in [0.2, 0.25) is 0 Å². The zero-order chi connectivity index (χ0) is 38.9. The van der Waals surface area contributed by atoms with E-state index >= 15 is 0 Å². The van der Waals surface area contributed by atoms with Gasteiger partial charge in [0.1, 0.15) is 6.61 Å². The lowest BCUT2D eigenvalue weighted by molar-refractivity contribution is -0.161. The van der Waals surface area contributed by atoms with Crippen molar-refractivity contribution in [2.24, 2.45) is 5.73 Å². The van der Waals surface area contributed by atoms with E-state index in [-0.39, 0.29) is 32.6 Å². The molecule has 1 unspecified atom stereocenters. The van der Waals surface area contributed by atoms with Gasteiger partial charge in [-0.2, -0.15) is 0 Å². The SMILES string of the molecule is CCCCCCCCCCC/C=C/C/C=C/CCCC(=O)OC[C@H](COP(=O)(O)OCCN)OC(=O)CC/C=C/CCCCCCCCCCCCC. The van der Waals surface area contributed by atoms with Gasteiger partial charge in [0.15, 0.2) is 6.10 Å². The highest BCUT2D eigenvalue weighted by atomic mass is 31.2. The third-order valence-electron chi connectivity index (χ3n) is 9.01. The molecule has 0 rings (SSSR count). The lowest BCUT2D eigenvalue weighted by atomic mass is 10.1. The number of hydrogen-bond donors (Lipinski definition) is 2. The number of rotatable bonds is 40. The maximum Gasteiger partial charge on any atom is 0.472 e. The summed E-state index contributed by atoms with van der Waals surface area (Å²) in [5, 5.41) is 0. The van der Waals surface area contributed by atoms with Crippen molar-refractivity contribution in [2.75, 3.05) is 26.4 Å². The van der Waals surface area contributed by atoms with Crippen molar-refractivity contribution < 1.29 is 37.6 Å². The van der Waals surface area contributed by atoms with E-state index in [1.807, 2.05) is 6.08 Å².